The minimum absolute atomic E-state index is 0.235. The smallest absolute Gasteiger partial charge is 0.326 e. The van der Waals surface area contributed by atoms with E-state index in [-0.39, 0.29) is 11.9 Å². The summed E-state index contributed by atoms with van der Waals surface area (Å²) in [4.78, 5) is 22.7. The molecule has 1 rings (SSSR count). The minimum Gasteiger partial charge on any atom is -0.480 e. The van der Waals surface area contributed by atoms with Crippen LogP contribution in [0.15, 0.2) is 0 Å². The first kappa shape index (κ1) is 16.8. The first-order valence-electron chi connectivity index (χ1n) is 7.76. The third-order valence-corrected chi connectivity index (χ3v) is 3.86. The molecule has 1 fully saturated rings. The van der Waals surface area contributed by atoms with Crippen molar-refractivity contribution >= 4 is 12.0 Å². The molecule has 1 saturated carbocycles. The van der Waals surface area contributed by atoms with Gasteiger partial charge in [0.1, 0.15) is 6.04 Å². The molecule has 1 aliphatic rings. The fraction of sp³-hybridized carbons (Fsp3) is 0.867. The number of carboxylic acids is 1. The second-order valence-corrected chi connectivity index (χ2v) is 6.21. The fourth-order valence-corrected chi connectivity index (χ4v) is 2.79. The summed E-state index contributed by atoms with van der Waals surface area (Å²) >= 11 is 0. The first-order valence-corrected chi connectivity index (χ1v) is 7.76. The molecule has 1 aliphatic carbocycles. The van der Waals surface area contributed by atoms with Crippen molar-refractivity contribution in [3.05, 3.63) is 0 Å². The molecule has 0 unspecified atom stereocenters. The van der Waals surface area contributed by atoms with Gasteiger partial charge in [0.05, 0.1) is 0 Å². The zero-order valence-electron chi connectivity index (χ0n) is 12.7. The van der Waals surface area contributed by atoms with Gasteiger partial charge in [0.2, 0.25) is 0 Å². The predicted octanol–water partition coefficient (Wildman–Crippen LogP) is 2.76. The van der Waals surface area contributed by atoms with Crippen molar-refractivity contribution in [2.24, 2.45) is 11.8 Å². The second-order valence-electron chi connectivity index (χ2n) is 6.21. The fourth-order valence-electron chi connectivity index (χ4n) is 2.79. The number of carbonyl (C=O) groups excluding carboxylic acids is 1. The molecular weight excluding hydrogens is 256 g/mol. The van der Waals surface area contributed by atoms with Gasteiger partial charge in [-0.15, -0.1) is 0 Å². The van der Waals surface area contributed by atoms with Crippen LogP contribution in [-0.2, 0) is 4.79 Å². The van der Waals surface area contributed by atoms with Crippen molar-refractivity contribution in [3.8, 4) is 0 Å². The lowest BCUT2D eigenvalue weighted by Crippen LogP contribution is -2.46. The first-order chi connectivity index (χ1) is 9.49. The molecule has 20 heavy (non-hydrogen) atoms. The van der Waals surface area contributed by atoms with Gasteiger partial charge in [-0.05, 0) is 31.1 Å². The van der Waals surface area contributed by atoms with Gasteiger partial charge in [-0.25, -0.2) is 9.59 Å². The van der Waals surface area contributed by atoms with Crippen molar-refractivity contribution in [1.82, 2.24) is 10.6 Å². The summed E-state index contributed by atoms with van der Waals surface area (Å²) in [5.74, 6) is 0.0890. The number of carboxylic acid groups (broad SMARTS) is 1. The number of rotatable bonds is 8. The molecule has 116 valence electrons. The highest BCUT2D eigenvalue weighted by Crippen LogP contribution is 2.28. The van der Waals surface area contributed by atoms with E-state index in [0.717, 1.165) is 18.8 Å². The maximum Gasteiger partial charge on any atom is 0.326 e. The summed E-state index contributed by atoms with van der Waals surface area (Å²) in [6.45, 7) is 4.50. The van der Waals surface area contributed by atoms with Gasteiger partial charge in [0, 0.05) is 6.54 Å². The zero-order valence-corrected chi connectivity index (χ0v) is 12.7. The van der Waals surface area contributed by atoms with E-state index in [9.17, 15) is 9.59 Å². The molecule has 0 aliphatic heterocycles. The number of aliphatic carboxylic acids is 1. The lowest BCUT2D eigenvalue weighted by atomic mass is 10.0. The molecule has 0 heterocycles. The monoisotopic (exact) mass is 284 g/mol. The van der Waals surface area contributed by atoms with Crippen LogP contribution in [0.1, 0.15) is 58.8 Å². The Morgan fingerprint density at radius 3 is 2.45 bits per heavy atom. The van der Waals surface area contributed by atoms with E-state index in [1.807, 2.05) is 13.8 Å². The number of amides is 2. The van der Waals surface area contributed by atoms with Gasteiger partial charge in [0.15, 0.2) is 0 Å². The van der Waals surface area contributed by atoms with Crippen LogP contribution in [0.25, 0.3) is 0 Å². The summed E-state index contributed by atoms with van der Waals surface area (Å²) in [5.41, 5.74) is 0. The van der Waals surface area contributed by atoms with Gasteiger partial charge in [0.25, 0.3) is 0 Å². The van der Waals surface area contributed by atoms with E-state index in [0.29, 0.717) is 13.0 Å². The number of hydrogen-bond donors (Lipinski definition) is 3. The van der Waals surface area contributed by atoms with Crippen molar-refractivity contribution in [2.75, 3.05) is 6.54 Å². The zero-order chi connectivity index (χ0) is 15.0. The number of carbonyl (C=O) groups is 2. The third kappa shape index (κ3) is 6.78. The summed E-state index contributed by atoms with van der Waals surface area (Å²) < 4.78 is 0. The highest BCUT2D eigenvalue weighted by molar-refractivity contribution is 5.82. The van der Waals surface area contributed by atoms with E-state index >= 15 is 0 Å². The van der Waals surface area contributed by atoms with Crippen molar-refractivity contribution in [2.45, 2.75) is 64.8 Å². The largest absolute Gasteiger partial charge is 0.480 e. The highest BCUT2D eigenvalue weighted by Gasteiger charge is 2.20. The van der Waals surface area contributed by atoms with Gasteiger partial charge < -0.3 is 15.7 Å². The lowest BCUT2D eigenvalue weighted by molar-refractivity contribution is -0.139. The molecular formula is C15H28N2O3. The van der Waals surface area contributed by atoms with Crippen LogP contribution in [0.2, 0.25) is 0 Å². The molecule has 0 aromatic carbocycles. The maximum atomic E-state index is 11.6. The minimum atomic E-state index is -0.972. The van der Waals surface area contributed by atoms with Gasteiger partial charge in [-0.1, -0.05) is 39.5 Å². The Balaban J connectivity index is 2.15. The highest BCUT2D eigenvalue weighted by atomic mass is 16.4. The topological polar surface area (TPSA) is 78.4 Å². The number of hydrogen-bond acceptors (Lipinski definition) is 2. The van der Waals surface area contributed by atoms with Crippen LogP contribution in [0.5, 0.6) is 0 Å². The van der Waals surface area contributed by atoms with Crippen LogP contribution < -0.4 is 10.6 Å². The maximum absolute atomic E-state index is 11.6. The molecule has 3 N–H and O–H groups in total. The van der Waals surface area contributed by atoms with Crippen LogP contribution in [0.4, 0.5) is 4.79 Å². The van der Waals surface area contributed by atoms with Crippen LogP contribution in [-0.4, -0.2) is 29.7 Å². The molecule has 2 amide bonds. The molecule has 0 radical (unpaired) electrons. The van der Waals surface area contributed by atoms with E-state index in [1.165, 1.54) is 25.7 Å². The normalized spacial score (nSPS) is 17.1. The van der Waals surface area contributed by atoms with Crippen molar-refractivity contribution in [3.63, 3.8) is 0 Å². The number of nitrogens with one attached hydrogen (secondary N) is 2. The lowest BCUT2D eigenvalue weighted by Gasteiger charge is -2.17. The Morgan fingerprint density at radius 2 is 1.90 bits per heavy atom. The van der Waals surface area contributed by atoms with Gasteiger partial charge in [-0.3, -0.25) is 0 Å². The Bertz CT molecular complexity index is 312. The standard InChI is InChI=1S/C15H28N2O3/c1-11(2)10-13(14(18)19)17-15(20)16-9-5-8-12-6-3-4-7-12/h11-13H,3-10H2,1-2H3,(H,18,19)(H2,16,17,20)/t13-/m1/s1. The van der Waals surface area contributed by atoms with Gasteiger partial charge in [-0.2, -0.15) is 0 Å². The molecule has 0 bridgehead atoms. The van der Waals surface area contributed by atoms with Crippen LogP contribution >= 0.6 is 0 Å². The SMILES string of the molecule is CC(C)C[C@@H](NC(=O)NCCCC1CCCC1)C(=O)O. The Labute approximate surface area is 121 Å². The van der Waals surface area contributed by atoms with E-state index in [2.05, 4.69) is 10.6 Å². The van der Waals surface area contributed by atoms with E-state index in [1.54, 1.807) is 0 Å². The molecule has 0 aromatic rings. The number of urea groups is 1. The van der Waals surface area contributed by atoms with Crippen molar-refractivity contribution < 1.29 is 14.7 Å². The second kappa shape index (κ2) is 8.82. The Kier molecular flexibility index (Phi) is 7.41. The predicted molar refractivity (Wildman–Crippen MR) is 78.6 cm³/mol. The molecule has 1 atom stereocenters. The van der Waals surface area contributed by atoms with Crippen LogP contribution in [0, 0.1) is 11.8 Å². The summed E-state index contributed by atoms with van der Waals surface area (Å²) in [5, 5.41) is 14.3. The summed E-state index contributed by atoms with van der Waals surface area (Å²) in [6.07, 6.45) is 7.91. The summed E-state index contributed by atoms with van der Waals surface area (Å²) in [7, 11) is 0. The van der Waals surface area contributed by atoms with E-state index < -0.39 is 12.0 Å². The quantitative estimate of drug-likeness (QED) is 0.600. The molecule has 0 spiro atoms. The van der Waals surface area contributed by atoms with Gasteiger partial charge >= 0.3 is 12.0 Å². The molecule has 5 heteroatoms. The van der Waals surface area contributed by atoms with Crippen LogP contribution in [0.3, 0.4) is 0 Å². The Hall–Kier alpha value is -1.26. The van der Waals surface area contributed by atoms with Crippen molar-refractivity contribution in [1.29, 1.82) is 0 Å². The summed E-state index contributed by atoms with van der Waals surface area (Å²) in [6, 6.07) is -1.17. The van der Waals surface area contributed by atoms with E-state index in [4.69, 9.17) is 5.11 Å². The Morgan fingerprint density at radius 1 is 1.25 bits per heavy atom. The average Bonchev–Trinajstić information content (AvgIpc) is 2.86. The third-order valence-electron chi connectivity index (χ3n) is 3.86. The molecule has 0 aromatic heterocycles. The average molecular weight is 284 g/mol. The molecule has 0 saturated heterocycles. The molecule has 5 nitrogen and oxygen atoms in total.